The summed E-state index contributed by atoms with van der Waals surface area (Å²) in [5.74, 6) is -3.37. The number of hydrogen-bond acceptors (Lipinski definition) is 3. The van der Waals surface area contributed by atoms with Gasteiger partial charge < -0.3 is 4.90 Å². The van der Waals surface area contributed by atoms with Gasteiger partial charge in [-0.05, 0) is 11.6 Å². The Bertz CT molecular complexity index is 663. The summed E-state index contributed by atoms with van der Waals surface area (Å²) in [5, 5.41) is 1.33. The number of likely N-dealkylation sites (N-methyl/N-ethyl adjacent to an activating group) is 1. The fraction of sp³-hybridized carbons (Fsp3) is 0.333. The summed E-state index contributed by atoms with van der Waals surface area (Å²) in [4.78, 5) is 24.2. The van der Waals surface area contributed by atoms with Crippen molar-refractivity contribution in [2.24, 2.45) is 0 Å². The van der Waals surface area contributed by atoms with E-state index >= 15 is 0 Å². The summed E-state index contributed by atoms with van der Waals surface area (Å²) in [6.45, 7) is 3.72. The van der Waals surface area contributed by atoms with Gasteiger partial charge in [-0.3, -0.25) is 14.9 Å². The number of benzene rings is 1. The van der Waals surface area contributed by atoms with Crippen LogP contribution >= 0.6 is 0 Å². The van der Waals surface area contributed by atoms with Crippen molar-refractivity contribution in [1.29, 1.82) is 0 Å². The maximum absolute atomic E-state index is 12.2. The van der Waals surface area contributed by atoms with Gasteiger partial charge in [0.05, 0.1) is 0 Å². The lowest BCUT2D eigenvalue weighted by atomic mass is 9.84. The van der Waals surface area contributed by atoms with Gasteiger partial charge in [-0.15, -0.1) is 0 Å². The molecule has 0 aliphatic carbocycles. The molecule has 0 bridgehead atoms. The minimum Gasteiger partial charge on any atom is -0.347 e. The predicted molar refractivity (Wildman–Crippen MR) is 75.2 cm³/mol. The number of amides is 2. The third-order valence-electron chi connectivity index (χ3n) is 3.70. The summed E-state index contributed by atoms with van der Waals surface area (Å²) in [7, 11) is 1.72. The lowest BCUT2D eigenvalue weighted by Crippen LogP contribution is -2.40. The second kappa shape index (κ2) is 5.15. The number of halogens is 3. The standard InChI is InChI=1S/C15H15F3N2O2/c1-14(2)9-6-4-5-7-10(9)20(3)11(14)8-12(21)19-13(22)15(16,17)18/h4-8H,1-3H3,(H,19,21,22). The zero-order valence-corrected chi connectivity index (χ0v) is 12.3. The number of anilines is 1. The van der Waals surface area contributed by atoms with Crippen LogP contribution in [-0.2, 0) is 15.0 Å². The predicted octanol–water partition coefficient (Wildman–Crippen LogP) is 2.50. The van der Waals surface area contributed by atoms with E-state index in [1.807, 2.05) is 38.1 Å². The van der Waals surface area contributed by atoms with Gasteiger partial charge in [0.15, 0.2) is 0 Å². The van der Waals surface area contributed by atoms with Crippen LogP contribution in [0.5, 0.6) is 0 Å². The quantitative estimate of drug-likeness (QED) is 0.811. The molecule has 0 atom stereocenters. The molecule has 4 nitrogen and oxygen atoms in total. The van der Waals surface area contributed by atoms with Crippen LogP contribution in [-0.4, -0.2) is 25.0 Å². The van der Waals surface area contributed by atoms with Gasteiger partial charge >= 0.3 is 12.1 Å². The van der Waals surface area contributed by atoms with Gasteiger partial charge in [-0.2, -0.15) is 13.2 Å². The lowest BCUT2D eigenvalue weighted by molar-refractivity contribution is -0.174. The first-order valence-electron chi connectivity index (χ1n) is 6.52. The Kier molecular flexibility index (Phi) is 3.76. The Hall–Kier alpha value is -2.31. The molecule has 1 aliphatic heterocycles. The molecule has 0 spiro atoms. The topological polar surface area (TPSA) is 49.4 Å². The van der Waals surface area contributed by atoms with E-state index in [2.05, 4.69) is 0 Å². The summed E-state index contributed by atoms with van der Waals surface area (Å²) in [6, 6.07) is 7.44. The SMILES string of the molecule is CN1C(=CC(=O)NC(=O)C(F)(F)F)C(C)(C)c2ccccc21. The zero-order chi connectivity index (χ0) is 16.7. The maximum atomic E-state index is 12.2. The van der Waals surface area contributed by atoms with Gasteiger partial charge in [-0.25, -0.2) is 0 Å². The molecule has 0 saturated heterocycles. The van der Waals surface area contributed by atoms with Crippen LogP contribution in [0.15, 0.2) is 36.0 Å². The third kappa shape index (κ3) is 2.70. The van der Waals surface area contributed by atoms with Crippen LogP contribution in [0, 0.1) is 0 Å². The first-order valence-corrected chi connectivity index (χ1v) is 6.52. The van der Waals surface area contributed by atoms with Gasteiger partial charge in [0.2, 0.25) is 0 Å². The fourth-order valence-electron chi connectivity index (χ4n) is 2.60. The Morgan fingerprint density at radius 3 is 2.36 bits per heavy atom. The molecule has 1 aromatic carbocycles. The average molecular weight is 312 g/mol. The summed E-state index contributed by atoms with van der Waals surface area (Å²) in [6.07, 6.45) is -4.06. The molecule has 0 saturated carbocycles. The summed E-state index contributed by atoms with van der Waals surface area (Å²) >= 11 is 0. The molecule has 1 aliphatic rings. The summed E-state index contributed by atoms with van der Waals surface area (Å²) < 4.78 is 36.5. The third-order valence-corrected chi connectivity index (χ3v) is 3.70. The number of nitrogens with zero attached hydrogens (tertiary/aromatic N) is 1. The molecule has 2 rings (SSSR count). The van der Waals surface area contributed by atoms with Gasteiger partial charge in [-0.1, -0.05) is 32.0 Å². The first-order chi connectivity index (χ1) is 10.0. The Morgan fingerprint density at radius 2 is 1.82 bits per heavy atom. The number of rotatable bonds is 1. The van der Waals surface area contributed by atoms with E-state index < -0.39 is 23.4 Å². The molecular formula is C15H15F3N2O2. The van der Waals surface area contributed by atoms with Crippen molar-refractivity contribution in [2.75, 3.05) is 11.9 Å². The van der Waals surface area contributed by atoms with Crippen molar-refractivity contribution >= 4 is 17.5 Å². The molecular weight excluding hydrogens is 297 g/mol. The maximum Gasteiger partial charge on any atom is 0.471 e. The molecule has 1 heterocycles. The van der Waals surface area contributed by atoms with Crippen molar-refractivity contribution in [3.63, 3.8) is 0 Å². The van der Waals surface area contributed by atoms with E-state index in [9.17, 15) is 22.8 Å². The minimum atomic E-state index is -5.09. The van der Waals surface area contributed by atoms with Crippen LogP contribution in [0.4, 0.5) is 18.9 Å². The van der Waals surface area contributed by atoms with Crippen molar-refractivity contribution in [3.05, 3.63) is 41.6 Å². The Balaban J connectivity index is 2.30. The summed E-state index contributed by atoms with van der Waals surface area (Å²) in [5.41, 5.74) is 1.79. The van der Waals surface area contributed by atoms with Crippen molar-refractivity contribution in [1.82, 2.24) is 5.32 Å². The second-order valence-electron chi connectivity index (χ2n) is 5.55. The van der Waals surface area contributed by atoms with Gasteiger partial charge in [0.1, 0.15) is 0 Å². The van der Waals surface area contributed by atoms with Crippen molar-refractivity contribution < 1.29 is 22.8 Å². The number of alkyl halides is 3. The van der Waals surface area contributed by atoms with Crippen LogP contribution in [0.1, 0.15) is 19.4 Å². The number of allylic oxidation sites excluding steroid dienone is 1. The number of fused-ring (bicyclic) bond motifs is 1. The van der Waals surface area contributed by atoms with E-state index in [0.717, 1.165) is 17.3 Å². The highest BCUT2D eigenvalue weighted by Gasteiger charge is 2.41. The number of imide groups is 1. The van der Waals surface area contributed by atoms with Crippen LogP contribution in [0.25, 0.3) is 0 Å². The molecule has 118 valence electrons. The van der Waals surface area contributed by atoms with Crippen LogP contribution < -0.4 is 10.2 Å². The molecule has 1 aromatic rings. The van der Waals surface area contributed by atoms with E-state index in [4.69, 9.17) is 0 Å². The normalized spacial score (nSPS) is 18.3. The van der Waals surface area contributed by atoms with Gasteiger partial charge in [0, 0.05) is 29.9 Å². The molecule has 0 fully saturated rings. The molecule has 2 amide bonds. The van der Waals surface area contributed by atoms with Gasteiger partial charge in [0.25, 0.3) is 5.91 Å². The monoisotopic (exact) mass is 312 g/mol. The van der Waals surface area contributed by atoms with E-state index in [0.29, 0.717) is 5.70 Å². The number of carbonyl (C=O) groups excluding carboxylic acids is 2. The van der Waals surface area contributed by atoms with Crippen LogP contribution in [0.2, 0.25) is 0 Å². The van der Waals surface area contributed by atoms with Crippen molar-refractivity contribution in [3.8, 4) is 0 Å². The Labute approximate surface area is 125 Å². The molecule has 0 radical (unpaired) electrons. The number of para-hydroxylation sites is 1. The lowest BCUT2D eigenvalue weighted by Gasteiger charge is -2.23. The number of hydrogen-bond donors (Lipinski definition) is 1. The number of nitrogens with one attached hydrogen (secondary N) is 1. The van der Waals surface area contributed by atoms with Crippen LogP contribution in [0.3, 0.4) is 0 Å². The van der Waals surface area contributed by atoms with E-state index in [1.165, 1.54) is 5.32 Å². The molecule has 0 aromatic heterocycles. The highest BCUT2D eigenvalue weighted by molar-refractivity contribution is 6.03. The smallest absolute Gasteiger partial charge is 0.347 e. The molecule has 1 N–H and O–H groups in total. The highest BCUT2D eigenvalue weighted by Crippen LogP contribution is 2.46. The molecule has 22 heavy (non-hydrogen) atoms. The van der Waals surface area contributed by atoms with Crippen molar-refractivity contribution in [2.45, 2.75) is 25.4 Å². The Morgan fingerprint density at radius 1 is 1.23 bits per heavy atom. The zero-order valence-electron chi connectivity index (χ0n) is 12.3. The first kappa shape index (κ1) is 16.1. The fourth-order valence-corrected chi connectivity index (χ4v) is 2.60. The molecule has 0 unspecified atom stereocenters. The molecule has 7 heteroatoms. The number of carbonyl (C=O) groups is 2. The second-order valence-corrected chi connectivity index (χ2v) is 5.55. The van der Waals surface area contributed by atoms with E-state index in [1.54, 1.807) is 11.9 Å². The highest BCUT2D eigenvalue weighted by atomic mass is 19.4. The van der Waals surface area contributed by atoms with E-state index in [-0.39, 0.29) is 0 Å². The average Bonchev–Trinajstić information content (AvgIpc) is 2.60. The minimum absolute atomic E-state index is 0.515. The largest absolute Gasteiger partial charge is 0.471 e.